The maximum atomic E-state index is 9.94. The molecule has 0 spiro atoms. The van der Waals surface area contributed by atoms with Gasteiger partial charge in [0, 0.05) is 16.7 Å². The second-order valence-electron chi connectivity index (χ2n) is 6.06. The monoisotopic (exact) mass is 277 g/mol. The van der Waals surface area contributed by atoms with Crippen LogP contribution in [0, 0.1) is 12.8 Å². The van der Waals surface area contributed by atoms with Gasteiger partial charge in [0.1, 0.15) is 0 Å². The van der Waals surface area contributed by atoms with Crippen LogP contribution in [-0.2, 0) is 0 Å². The largest absolute Gasteiger partial charge is 0.394 e. The van der Waals surface area contributed by atoms with Crippen molar-refractivity contribution in [2.24, 2.45) is 5.92 Å². The van der Waals surface area contributed by atoms with Crippen molar-refractivity contribution >= 4 is 11.8 Å². The molecule has 104 valence electrons. The van der Waals surface area contributed by atoms with Gasteiger partial charge in [0.15, 0.2) is 0 Å². The minimum Gasteiger partial charge on any atom is -0.394 e. The minimum absolute atomic E-state index is 0.0475. The van der Waals surface area contributed by atoms with E-state index in [-0.39, 0.29) is 12.1 Å². The number of hydrogen-bond acceptors (Lipinski definition) is 3. The van der Waals surface area contributed by atoms with Gasteiger partial charge in [-0.05, 0) is 50.2 Å². The van der Waals surface area contributed by atoms with Crippen molar-refractivity contribution in [1.29, 1.82) is 0 Å². The first-order valence-electron chi connectivity index (χ1n) is 7.30. The summed E-state index contributed by atoms with van der Waals surface area (Å²) in [4.78, 5) is 1.35. The van der Waals surface area contributed by atoms with Crippen molar-refractivity contribution in [1.82, 2.24) is 5.32 Å². The molecule has 3 rings (SSSR count). The molecule has 0 amide bonds. The lowest BCUT2D eigenvalue weighted by molar-refractivity contribution is 0.157. The van der Waals surface area contributed by atoms with E-state index >= 15 is 0 Å². The third-order valence-corrected chi connectivity index (χ3v) is 5.72. The third kappa shape index (κ3) is 3.15. The van der Waals surface area contributed by atoms with Gasteiger partial charge in [0.25, 0.3) is 0 Å². The first-order chi connectivity index (χ1) is 9.23. The number of hydrogen-bond donors (Lipinski definition) is 2. The molecule has 1 aromatic carbocycles. The molecule has 2 N–H and O–H groups in total. The molecule has 1 aromatic rings. The topological polar surface area (TPSA) is 32.3 Å². The number of aryl methyl sites for hydroxylation is 1. The van der Waals surface area contributed by atoms with E-state index in [1.165, 1.54) is 36.1 Å². The number of thioether (sulfide) groups is 1. The third-order valence-electron chi connectivity index (χ3n) is 4.29. The number of benzene rings is 1. The van der Waals surface area contributed by atoms with Crippen LogP contribution in [-0.4, -0.2) is 29.0 Å². The highest BCUT2D eigenvalue weighted by molar-refractivity contribution is 7.99. The first kappa shape index (κ1) is 13.5. The molecule has 0 bridgehead atoms. The second kappa shape index (κ2) is 5.47. The van der Waals surface area contributed by atoms with Gasteiger partial charge < -0.3 is 10.4 Å². The maximum Gasteiger partial charge on any atom is 0.0624 e. The Hall–Kier alpha value is -0.510. The second-order valence-corrected chi connectivity index (χ2v) is 7.08. The van der Waals surface area contributed by atoms with E-state index in [2.05, 4.69) is 36.5 Å². The van der Waals surface area contributed by atoms with Crippen molar-refractivity contribution < 1.29 is 5.11 Å². The summed E-state index contributed by atoms with van der Waals surface area (Å²) in [5.74, 6) is 1.66. The molecular weight excluding hydrogens is 254 g/mol. The van der Waals surface area contributed by atoms with Crippen molar-refractivity contribution in [2.75, 3.05) is 12.4 Å². The molecule has 1 unspecified atom stereocenters. The normalized spacial score (nSPS) is 22.2. The molecule has 2 saturated carbocycles. The lowest BCUT2D eigenvalue weighted by Crippen LogP contribution is -2.53. The van der Waals surface area contributed by atoms with Gasteiger partial charge in [-0.15, -0.1) is 11.8 Å². The standard InChI is InChI=1S/C16H23NOS/c1-12-4-2-3-5-15(12)19-11-16(10-18,13-6-7-13)17-14-8-9-14/h2-5,13-14,17-18H,6-11H2,1H3. The molecule has 0 radical (unpaired) electrons. The van der Waals surface area contributed by atoms with E-state index in [0.717, 1.165) is 5.75 Å². The minimum atomic E-state index is -0.0475. The van der Waals surface area contributed by atoms with E-state index in [0.29, 0.717) is 12.0 Å². The fourth-order valence-corrected chi connectivity index (χ4v) is 3.99. The molecular formula is C16H23NOS. The molecule has 0 heterocycles. The molecule has 2 aliphatic carbocycles. The first-order valence-corrected chi connectivity index (χ1v) is 8.29. The fourth-order valence-electron chi connectivity index (χ4n) is 2.69. The Morgan fingerprint density at radius 1 is 1.26 bits per heavy atom. The molecule has 1 atom stereocenters. The van der Waals surface area contributed by atoms with Gasteiger partial charge in [0.2, 0.25) is 0 Å². The van der Waals surface area contributed by atoms with Crippen LogP contribution >= 0.6 is 11.8 Å². The van der Waals surface area contributed by atoms with Crippen LogP contribution in [0.3, 0.4) is 0 Å². The van der Waals surface area contributed by atoms with Crippen molar-refractivity contribution in [3.63, 3.8) is 0 Å². The summed E-state index contributed by atoms with van der Waals surface area (Å²) in [5, 5.41) is 13.7. The molecule has 0 aliphatic heterocycles. The van der Waals surface area contributed by atoms with E-state index < -0.39 is 0 Å². The number of aliphatic hydroxyl groups excluding tert-OH is 1. The summed E-state index contributed by atoms with van der Waals surface area (Å²) >= 11 is 1.89. The SMILES string of the molecule is Cc1ccccc1SCC(CO)(NC1CC1)C1CC1. The lowest BCUT2D eigenvalue weighted by Gasteiger charge is -2.33. The Bertz CT molecular complexity index is 442. The zero-order chi connectivity index (χ0) is 13.3. The summed E-state index contributed by atoms with van der Waals surface area (Å²) < 4.78 is 0. The van der Waals surface area contributed by atoms with Crippen molar-refractivity contribution in [2.45, 2.75) is 49.1 Å². The Labute approximate surface area is 120 Å². The number of aliphatic hydroxyl groups is 1. The number of nitrogens with one attached hydrogen (secondary N) is 1. The van der Waals surface area contributed by atoms with Crippen LogP contribution in [0.25, 0.3) is 0 Å². The smallest absolute Gasteiger partial charge is 0.0624 e. The fraction of sp³-hybridized carbons (Fsp3) is 0.625. The average Bonchev–Trinajstić information content (AvgIpc) is 3.28. The Morgan fingerprint density at radius 3 is 2.58 bits per heavy atom. The molecule has 2 nitrogen and oxygen atoms in total. The van der Waals surface area contributed by atoms with Gasteiger partial charge in [0.05, 0.1) is 12.1 Å². The van der Waals surface area contributed by atoms with Crippen LogP contribution in [0.15, 0.2) is 29.2 Å². The van der Waals surface area contributed by atoms with Crippen LogP contribution in [0.4, 0.5) is 0 Å². The van der Waals surface area contributed by atoms with E-state index in [1.807, 2.05) is 11.8 Å². The molecule has 3 heteroatoms. The molecule has 19 heavy (non-hydrogen) atoms. The molecule has 0 saturated heterocycles. The van der Waals surface area contributed by atoms with Gasteiger partial charge in [-0.2, -0.15) is 0 Å². The van der Waals surface area contributed by atoms with Crippen LogP contribution < -0.4 is 5.32 Å². The summed E-state index contributed by atoms with van der Waals surface area (Å²) in [6.45, 7) is 2.43. The summed E-state index contributed by atoms with van der Waals surface area (Å²) in [7, 11) is 0. The summed E-state index contributed by atoms with van der Waals surface area (Å²) in [5.41, 5.74) is 1.29. The van der Waals surface area contributed by atoms with Crippen LogP contribution in [0.2, 0.25) is 0 Å². The van der Waals surface area contributed by atoms with E-state index in [9.17, 15) is 5.11 Å². The van der Waals surface area contributed by atoms with Crippen molar-refractivity contribution in [3.05, 3.63) is 29.8 Å². The highest BCUT2D eigenvalue weighted by Crippen LogP contribution is 2.44. The van der Waals surface area contributed by atoms with Gasteiger partial charge in [-0.1, -0.05) is 18.2 Å². The van der Waals surface area contributed by atoms with Gasteiger partial charge in [-0.25, -0.2) is 0 Å². The summed E-state index contributed by atoms with van der Waals surface area (Å²) in [6, 6.07) is 9.19. The van der Waals surface area contributed by atoms with E-state index in [4.69, 9.17) is 0 Å². The maximum absolute atomic E-state index is 9.94. The highest BCUT2D eigenvalue weighted by atomic mass is 32.2. The summed E-state index contributed by atoms with van der Waals surface area (Å²) in [6.07, 6.45) is 5.11. The quantitative estimate of drug-likeness (QED) is 0.752. The predicted molar refractivity (Wildman–Crippen MR) is 80.6 cm³/mol. The van der Waals surface area contributed by atoms with Crippen molar-refractivity contribution in [3.8, 4) is 0 Å². The zero-order valence-electron chi connectivity index (χ0n) is 11.6. The van der Waals surface area contributed by atoms with Gasteiger partial charge in [-0.3, -0.25) is 0 Å². The molecule has 0 aromatic heterocycles. The molecule has 2 fully saturated rings. The number of rotatable bonds is 7. The van der Waals surface area contributed by atoms with Gasteiger partial charge >= 0.3 is 0 Å². The van der Waals surface area contributed by atoms with E-state index in [1.54, 1.807) is 0 Å². The Kier molecular flexibility index (Phi) is 3.88. The molecule has 2 aliphatic rings. The van der Waals surface area contributed by atoms with Crippen LogP contribution in [0.1, 0.15) is 31.2 Å². The Balaban J connectivity index is 1.68. The highest BCUT2D eigenvalue weighted by Gasteiger charge is 2.47. The zero-order valence-corrected chi connectivity index (χ0v) is 12.4. The lowest BCUT2D eigenvalue weighted by atomic mass is 9.96. The Morgan fingerprint density at radius 2 is 2.00 bits per heavy atom. The average molecular weight is 277 g/mol. The van der Waals surface area contributed by atoms with Crippen LogP contribution in [0.5, 0.6) is 0 Å². The predicted octanol–water partition coefficient (Wildman–Crippen LogP) is 2.98.